The minimum atomic E-state index is -0.469. The van der Waals surface area contributed by atoms with Gasteiger partial charge in [0.1, 0.15) is 5.60 Å². The van der Waals surface area contributed by atoms with E-state index in [0.717, 1.165) is 25.7 Å². The van der Waals surface area contributed by atoms with E-state index in [1.54, 1.807) is 0 Å². The van der Waals surface area contributed by atoms with Crippen LogP contribution in [-0.4, -0.2) is 16.4 Å². The van der Waals surface area contributed by atoms with E-state index in [4.69, 9.17) is 4.74 Å². The lowest BCUT2D eigenvalue weighted by molar-refractivity contribution is -0.191. The highest BCUT2D eigenvalue weighted by Gasteiger charge is 2.61. The lowest BCUT2D eigenvalue weighted by atomic mass is 9.48. The average Bonchev–Trinajstić information content (AvgIpc) is 2.35. The minimum Gasteiger partial charge on any atom is -0.459 e. The molecule has 3 atom stereocenters. The van der Waals surface area contributed by atoms with Gasteiger partial charge < -0.3 is 4.74 Å². The monoisotopic (exact) mass is 418 g/mol. The number of rotatable bonds is 1. The summed E-state index contributed by atoms with van der Waals surface area (Å²) in [5, 5.41) is 0. The van der Waals surface area contributed by atoms with Crippen molar-refractivity contribution in [1.82, 2.24) is 0 Å². The van der Waals surface area contributed by atoms with Gasteiger partial charge in [-0.3, -0.25) is 4.79 Å². The summed E-state index contributed by atoms with van der Waals surface area (Å²) < 4.78 is 5.90. The molecule has 2 aliphatic rings. The van der Waals surface area contributed by atoms with Crippen LogP contribution in [0, 0.1) is 10.8 Å². The summed E-state index contributed by atoms with van der Waals surface area (Å²) in [6, 6.07) is 0. The third kappa shape index (κ3) is 2.90. The Morgan fingerprint density at radius 2 is 2.05 bits per heavy atom. The summed E-state index contributed by atoms with van der Waals surface area (Å²) in [4.78, 5) is 14.1. The molecule has 4 heteroatoms. The standard InChI is InChI=1S/C17H24Br2O2/c1-12(20)21-16(4)10-14(19)9-15(2,3)17(16)7-5-13(11-18)6-8-17/h5,7,11,14H,6,8-10H2,1-4H3/b13-11-/t14-,16+,17-/m1/s1. The molecule has 0 saturated heterocycles. The predicted molar refractivity (Wildman–Crippen MR) is 93.7 cm³/mol. The van der Waals surface area contributed by atoms with Crippen LogP contribution in [0.5, 0.6) is 0 Å². The van der Waals surface area contributed by atoms with Gasteiger partial charge in [-0.1, -0.05) is 57.9 Å². The molecular weight excluding hydrogens is 396 g/mol. The van der Waals surface area contributed by atoms with Crippen LogP contribution in [0.1, 0.15) is 53.4 Å². The molecule has 0 aromatic carbocycles. The molecule has 0 heterocycles. The number of alkyl halides is 1. The van der Waals surface area contributed by atoms with Crippen LogP contribution in [-0.2, 0) is 9.53 Å². The van der Waals surface area contributed by atoms with Crippen molar-refractivity contribution in [2.45, 2.75) is 63.8 Å². The quantitative estimate of drug-likeness (QED) is 0.413. The molecule has 0 amide bonds. The summed E-state index contributed by atoms with van der Waals surface area (Å²) in [6.07, 6.45) is 8.45. The lowest BCUT2D eigenvalue weighted by Crippen LogP contribution is -2.61. The first-order valence-corrected chi connectivity index (χ1v) is 9.31. The van der Waals surface area contributed by atoms with Gasteiger partial charge in [-0.15, -0.1) is 0 Å². The van der Waals surface area contributed by atoms with E-state index < -0.39 is 5.60 Å². The van der Waals surface area contributed by atoms with Gasteiger partial charge in [0.25, 0.3) is 0 Å². The number of allylic oxidation sites excluding steroid dienone is 2. The van der Waals surface area contributed by atoms with Crippen LogP contribution in [0.4, 0.5) is 0 Å². The molecule has 1 saturated carbocycles. The van der Waals surface area contributed by atoms with E-state index in [0.29, 0.717) is 4.83 Å². The van der Waals surface area contributed by atoms with Crippen molar-refractivity contribution < 1.29 is 9.53 Å². The lowest BCUT2D eigenvalue weighted by Gasteiger charge is -2.60. The van der Waals surface area contributed by atoms with Gasteiger partial charge >= 0.3 is 5.97 Å². The largest absolute Gasteiger partial charge is 0.459 e. The maximum Gasteiger partial charge on any atom is 0.303 e. The Morgan fingerprint density at radius 1 is 1.38 bits per heavy atom. The summed E-state index contributed by atoms with van der Waals surface area (Å²) >= 11 is 7.19. The zero-order chi connectivity index (χ0) is 15.9. The van der Waals surface area contributed by atoms with Crippen molar-refractivity contribution in [3.8, 4) is 0 Å². The van der Waals surface area contributed by atoms with Crippen LogP contribution < -0.4 is 0 Å². The first-order chi connectivity index (χ1) is 9.66. The van der Waals surface area contributed by atoms with Crippen LogP contribution in [0.25, 0.3) is 0 Å². The average molecular weight is 420 g/mol. The van der Waals surface area contributed by atoms with Crippen LogP contribution >= 0.6 is 31.9 Å². The second-order valence-corrected chi connectivity index (χ2v) is 8.96. The van der Waals surface area contributed by atoms with Gasteiger partial charge in [-0.2, -0.15) is 0 Å². The summed E-state index contributed by atoms with van der Waals surface area (Å²) in [7, 11) is 0. The van der Waals surface area contributed by atoms with Gasteiger partial charge in [0.05, 0.1) is 0 Å². The van der Waals surface area contributed by atoms with Gasteiger partial charge in [0.2, 0.25) is 0 Å². The number of carbonyl (C=O) groups is 1. The number of carbonyl (C=O) groups excluding carboxylic acids is 1. The normalized spacial score (nSPS) is 40.5. The second kappa shape index (κ2) is 5.84. The Labute approximate surface area is 144 Å². The first kappa shape index (κ1) is 17.3. The van der Waals surface area contributed by atoms with Gasteiger partial charge in [0, 0.05) is 23.6 Å². The number of hydrogen-bond acceptors (Lipinski definition) is 2. The number of hydrogen-bond donors (Lipinski definition) is 0. The molecule has 2 rings (SSSR count). The summed E-state index contributed by atoms with van der Waals surface area (Å²) in [6.45, 7) is 8.22. The number of halogens is 2. The van der Waals surface area contributed by atoms with Crippen LogP contribution in [0.15, 0.2) is 22.7 Å². The molecule has 0 radical (unpaired) electrons. The third-order valence-corrected chi connectivity index (χ3v) is 6.63. The first-order valence-electron chi connectivity index (χ1n) is 7.48. The minimum absolute atomic E-state index is 0.0674. The van der Waals surface area contributed by atoms with Crippen LogP contribution in [0.2, 0.25) is 0 Å². The zero-order valence-electron chi connectivity index (χ0n) is 13.2. The topological polar surface area (TPSA) is 26.3 Å². The summed E-state index contributed by atoms with van der Waals surface area (Å²) in [5.74, 6) is -0.190. The molecular formula is C17H24Br2O2. The number of ether oxygens (including phenoxy) is 1. The number of esters is 1. The fraction of sp³-hybridized carbons (Fsp3) is 0.706. The third-order valence-electron chi connectivity index (χ3n) is 5.39. The Hall–Kier alpha value is -0.0900. The van der Waals surface area contributed by atoms with Gasteiger partial charge in [-0.05, 0) is 42.2 Å². The van der Waals surface area contributed by atoms with Crippen molar-refractivity contribution in [2.75, 3.05) is 0 Å². The Morgan fingerprint density at radius 3 is 2.52 bits per heavy atom. The van der Waals surface area contributed by atoms with Crippen molar-refractivity contribution in [2.24, 2.45) is 10.8 Å². The van der Waals surface area contributed by atoms with Crippen molar-refractivity contribution in [3.05, 3.63) is 22.7 Å². The molecule has 1 spiro atoms. The molecule has 0 aromatic heterocycles. The van der Waals surface area contributed by atoms with Crippen molar-refractivity contribution in [1.29, 1.82) is 0 Å². The molecule has 2 nitrogen and oxygen atoms in total. The SMILES string of the molecule is CC(=O)O[C@@]1(C)C[C@H](Br)CC(C)(C)[C@]12C=C/C(=C/Br)CC2. The molecule has 2 aliphatic carbocycles. The van der Waals surface area contributed by atoms with E-state index in [1.165, 1.54) is 12.5 Å². The van der Waals surface area contributed by atoms with Crippen molar-refractivity contribution in [3.63, 3.8) is 0 Å². The van der Waals surface area contributed by atoms with Gasteiger partial charge in [0.15, 0.2) is 0 Å². The molecule has 118 valence electrons. The smallest absolute Gasteiger partial charge is 0.303 e. The highest BCUT2D eigenvalue weighted by Crippen LogP contribution is 2.62. The molecule has 0 N–H and O–H groups in total. The fourth-order valence-corrected chi connectivity index (χ4v) is 6.24. The summed E-state index contributed by atoms with van der Waals surface area (Å²) in [5.41, 5.74) is 0.777. The van der Waals surface area contributed by atoms with E-state index in [2.05, 4.69) is 64.8 Å². The Bertz CT molecular complexity index is 495. The van der Waals surface area contributed by atoms with E-state index in [9.17, 15) is 4.79 Å². The molecule has 21 heavy (non-hydrogen) atoms. The zero-order valence-corrected chi connectivity index (χ0v) is 16.4. The van der Waals surface area contributed by atoms with E-state index in [-0.39, 0.29) is 16.8 Å². The maximum absolute atomic E-state index is 11.7. The molecule has 0 unspecified atom stereocenters. The highest BCUT2D eigenvalue weighted by molar-refractivity contribution is 9.11. The molecule has 0 aliphatic heterocycles. The highest BCUT2D eigenvalue weighted by atomic mass is 79.9. The molecule has 1 fully saturated rings. The predicted octanol–water partition coefficient (Wildman–Crippen LogP) is 5.51. The Balaban J connectivity index is 2.52. The van der Waals surface area contributed by atoms with Crippen LogP contribution in [0.3, 0.4) is 0 Å². The second-order valence-electron chi connectivity index (χ2n) is 7.20. The Kier molecular flexibility index (Phi) is 4.80. The van der Waals surface area contributed by atoms with Gasteiger partial charge in [-0.25, -0.2) is 0 Å². The van der Waals surface area contributed by atoms with Crippen molar-refractivity contribution >= 4 is 37.8 Å². The molecule has 0 aromatic rings. The maximum atomic E-state index is 11.7. The fourth-order valence-electron chi connectivity index (χ4n) is 4.43. The molecule has 0 bridgehead atoms. The van der Waals surface area contributed by atoms with E-state index >= 15 is 0 Å². The van der Waals surface area contributed by atoms with E-state index in [1.807, 2.05) is 4.99 Å².